The van der Waals surface area contributed by atoms with Crippen molar-refractivity contribution in [3.63, 3.8) is 0 Å². The van der Waals surface area contributed by atoms with Crippen molar-refractivity contribution < 1.29 is 17.9 Å². The van der Waals surface area contributed by atoms with Crippen molar-refractivity contribution in [3.8, 4) is 0 Å². The molecule has 1 aliphatic heterocycles. The molecule has 1 fully saturated rings. The van der Waals surface area contributed by atoms with Crippen LogP contribution >= 0.6 is 0 Å². The minimum absolute atomic E-state index is 0.315. The summed E-state index contributed by atoms with van der Waals surface area (Å²) < 4.78 is 42.9. The third-order valence-corrected chi connectivity index (χ3v) is 3.77. The van der Waals surface area contributed by atoms with E-state index >= 15 is 0 Å². The second-order valence-electron chi connectivity index (χ2n) is 5.19. The van der Waals surface area contributed by atoms with Crippen molar-refractivity contribution in [2.24, 2.45) is 5.92 Å². The zero-order valence-corrected chi connectivity index (χ0v) is 11.5. The number of rotatable bonds is 5. The van der Waals surface area contributed by atoms with Crippen LogP contribution in [0.25, 0.3) is 0 Å². The van der Waals surface area contributed by atoms with E-state index in [1.165, 1.54) is 12.1 Å². The summed E-state index contributed by atoms with van der Waals surface area (Å²) in [6, 6.07) is 5.31. The lowest BCUT2D eigenvalue weighted by molar-refractivity contribution is -0.137. The molecule has 0 aromatic heterocycles. The Labute approximate surface area is 117 Å². The normalized spacial score (nSPS) is 23.2. The van der Waals surface area contributed by atoms with Gasteiger partial charge >= 0.3 is 6.18 Å². The highest BCUT2D eigenvalue weighted by Crippen LogP contribution is 2.29. The monoisotopic (exact) mass is 287 g/mol. The molecule has 0 radical (unpaired) electrons. The van der Waals surface area contributed by atoms with Gasteiger partial charge in [0.15, 0.2) is 0 Å². The number of halogens is 3. The van der Waals surface area contributed by atoms with Gasteiger partial charge in [0.25, 0.3) is 0 Å². The van der Waals surface area contributed by atoms with Gasteiger partial charge < -0.3 is 10.1 Å². The number of alkyl halides is 3. The zero-order chi connectivity index (χ0) is 14.6. The predicted molar refractivity (Wildman–Crippen MR) is 71.3 cm³/mol. The smallest absolute Gasteiger partial charge is 0.378 e. The van der Waals surface area contributed by atoms with Crippen molar-refractivity contribution in [3.05, 3.63) is 35.4 Å². The first-order valence-corrected chi connectivity index (χ1v) is 6.99. The predicted octanol–water partition coefficient (Wildman–Crippen LogP) is 3.61. The van der Waals surface area contributed by atoms with E-state index in [0.29, 0.717) is 18.6 Å². The van der Waals surface area contributed by atoms with Gasteiger partial charge in [-0.25, -0.2) is 0 Å². The lowest BCUT2D eigenvalue weighted by Gasteiger charge is -2.17. The Morgan fingerprint density at radius 2 is 1.95 bits per heavy atom. The summed E-state index contributed by atoms with van der Waals surface area (Å²) in [5.41, 5.74) is 0.265. The van der Waals surface area contributed by atoms with E-state index < -0.39 is 11.7 Å². The SMILES string of the molecule is CCC1OCCC1CNCc1ccc(C(F)(F)F)cc1. The zero-order valence-electron chi connectivity index (χ0n) is 11.5. The van der Waals surface area contributed by atoms with Crippen LogP contribution in [0, 0.1) is 5.92 Å². The Hall–Kier alpha value is -1.07. The highest BCUT2D eigenvalue weighted by atomic mass is 19.4. The van der Waals surface area contributed by atoms with E-state index in [-0.39, 0.29) is 0 Å². The van der Waals surface area contributed by atoms with Crippen LogP contribution < -0.4 is 5.32 Å². The molecule has 1 heterocycles. The molecule has 2 rings (SSSR count). The molecule has 5 heteroatoms. The average Bonchev–Trinajstić information content (AvgIpc) is 2.86. The molecule has 112 valence electrons. The molecule has 1 aromatic rings. The van der Waals surface area contributed by atoms with E-state index in [1.54, 1.807) is 0 Å². The molecular formula is C15H20F3NO. The Balaban J connectivity index is 1.80. The summed E-state index contributed by atoms with van der Waals surface area (Å²) in [6.07, 6.45) is -1.89. The number of ether oxygens (including phenoxy) is 1. The van der Waals surface area contributed by atoms with Crippen LogP contribution in [0.1, 0.15) is 30.9 Å². The summed E-state index contributed by atoms with van der Waals surface area (Å²) in [5, 5.41) is 3.30. The molecule has 0 amide bonds. The van der Waals surface area contributed by atoms with Crippen molar-refractivity contribution in [2.75, 3.05) is 13.2 Å². The van der Waals surface area contributed by atoms with Crippen molar-refractivity contribution in [2.45, 2.75) is 38.6 Å². The number of hydrogen-bond acceptors (Lipinski definition) is 2. The first kappa shape index (κ1) is 15.3. The summed E-state index contributed by atoms with van der Waals surface area (Å²) in [6.45, 7) is 4.36. The van der Waals surface area contributed by atoms with Crippen molar-refractivity contribution >= 4 is 0 Å². The van der Waals surface area contributed by atoms with Gasteiger partial charge in [-0.2, -0.15) is 13.2 Å². The fourth-order valence-electron chi connectivity index (χ4n) is 2.59. The number of hydrogen-bond donors (Lipinski definition) is 1. The van der Waals surface area contributed by atoms with E-state index in [2.05, 4.69) is 12.2 Å². The number of nitrogens with one attached hydrogen (secondary N) is 1. The first-order valence-electron chi connectivity index (χ1n) is 6.99. The van der Waals surface area contributed by atoms with Gasteiger partial charge in [0.1, 0.15) is 0 Å². The Bertz CT molecular complexity index is 416. The maximum absolute atomic E-state index is 12.4. The van der Waals surface area contributed by atoms with Gasteiger partial charge in [0.2, 0.25) is 0 Å². The fraction of sp³-hybridized carbons (Fsp3) is 0.600. The van der Waals surface area contributed by atoms with Crippen LogP contribution in [0.3, 0.4) is 0 Å². The molecular weight excluding hydrogens is 267 g/mol. The van der Waals surface area contributed by atoms with Gasteiger partial charge in [-0.15, -0.1) is 0 Å². The van der Waals surface area contributed by atoms with Gasteiger partial charge in [-0.1, -0.05) is 19.1 Å². The number of benzene rings is 1. The largest absolute Gasteiger partial charge is 0.416 e. The van der Waals surface area contributed by atoms with Gasteiger partial charge in [0.05, 0.1) is 11.7 Å². The van der Waals surface area contributed by atoms with Gasteiger partial charge in [-0.05, 0) is 36.5 Å². The molecule has 2 unspecified atom stereocenters. The van der Waals surface area contributed by atoms with Crippen molar-refractivity contribution in [1.29, 1.82) is 0 Å². The highest BCUT2D eigenvalue weighted by molar-refractivity contribution is 5.24. The molecule has 1 aliphatic rings. The van der Waals surface area contributed by atoms with E-state index in [0.717, 1.165) is 43.7 Å². The second kappa shape index (κ2) is 6.59. The third-order valence-electron chi connectivity index (χ3n) is 3.77. The lowest BCUT2D eigenvalue weighted by atomic mass is 9.99. The van der Waals surface area contributed by atoms with Crippen molar-refractivity contribution in [1.82, 2.24) is 5.32 Å². The Morgan fingerprint density at radius 3 is 2.55 bits per heavy atom. The van der Waals surface area contributed by atoms with Gasteiger partial charge in [0, 0.05) is 19.7 Å². The van der Waals surface area contributed by atoms with Crippen LogP contribution in [0.5, 0.6) is 0 Å². The summed E-state index contributed by atoms with van der Waals surface area (Å²) in [4.78, 5) is 0. The average molecular weight is 287 g/mol. The minimum Gasteiger partial charge on any atom is -0.378 e. The van der Waals surface area contributed by atoms with Crippen LogP contribution in [-0.2, 0) is 17.5 Å². The topological polar surface area (TPSA) is 21.3 Å². The maximum Gasteiger partial charge on any atom is 0.416 e. The van der Waals surface area contributed by atoms with Gasteiger partial charge in [-0.3, -0.25) is 0 Å². The summed E-state index contributed by atoms with van der Waals surface area (Å²) in [7, 11) is 0. The maximum atomic E-state index is 12.4. The molecule has 2 nitrogen and oxygen atoms in total. The minimum atomic E-state index is -4.26. The Morgan fingerprint density at radius 1 is 1.25 bits per heavy atom. The second-order valence-corrected chi connectivity index (χ2v) is 5.19. The van der Waals surface area contributed by atoms with Crippen LogP contribution in [0.15, 0.2) is 24.3 Å². The molecule has 20 heavy (non-hydrogen) atoms. The Kier molecular flexibility index (Phi) is 5.05. The summed E-state index contributed by atoms with van der Waals surface area (Å²) >= 11 is 0. The quantitative estimate of drug-likeness (QED) is 0.893. The fourth-order valence-corrected chi connectivity index (χ4v) is 2.59. The van der Waals surface area contributed by atoms with Crippen LogP contribution in [0.4, 0.5) is 13.2 Å². The van der Waals surface area contributed by atoms with E-state index in [9.17, 15) is 13.2 Å². The van der Waals surface area contributed by atoms with E-state index in [4.69, 9.17) is 4.74 Å². The standard InChI is InChI=1S/C15H20F3NO/c1-2-14-12(7-8-20-14)10-19-9-11-3-5-13(6-4-11)15(16,17)18/h3-6,12,14,19H,2,7-10H2,1H3. The van der Waals surface area contributed by atoms with E-state index in [1.807, 2.05) is 0 Å². The first-order chi connectivity index (χ1) is 9.50. The third kappa shape index (κ3) is 3.96. The summed E-state index contributed by atoms with van der Waals surface area (Å²) in [5.74, 6) is 0.509. The van der Waals surface area contributed by atoms with Crippen LogP contribution in [-0.4, -0.2) is 19.3 Å². The molecule has 1 saturated heterocycles. The molecule has 1 N–H and O–H groups in total. The molecule has 2 atom stereocenters. The highest BCUT2D eigenvalue weighted by Gasteiger charge is 2.30. The van der Waals surface area contributed by atoms with Crippen LogP contribution in [0.2, 0.25) is 0 Å². The molecule has 0 aliphatic carbocycles. The molecule has 0 saturated carbocycles. The molecule has 0 bridgehead atoms. The lowest BCUT2D eigenvalue weighted by Crippen LogP contribution is -2.27. The molecule has 1 aromatic carbocycles. The molecule has 0 spiro atoms.